The Hall–Kier alpha value is -1.36. The third-order valence-corrected chi connectivity index (χ3v) is 1.99. The van der Waals surface area contributed by atoms with Crippen LogP contribution < -0.4 is 4.74 Å². The zero-order chi connectivity index (χ0) is 9.97. The van der Waals surface area contributed by atoms with Crippen molar-refractivity contribution < 1.29 is 9.13 Å². The molecule has 0 aromatic carbocycles. The maximum Gasteiger partial charge on any atom is 0.193 e. The molecule has 74 valence electrons. The molecule has 0 aliphatic rings. The number of nitrogens with one attached hydrogen (secondary N) is 1. The van der Waals surface area contributed by atoms with E-state index in [1.54, 1.807) is 6.07 Å². The van der Waals surface area contributed by atoms with E-state index in [0.29, 0.717) is 22.1 Å². The second kappa shape index (κ2) is 3.79. The zero-order valence-electron chi connectivity index (χ0n) is 7.13. The summed E-state index contributed by atoms with van der Waals surface area (Å²) in [6.45, 7) is -0.521. The second-order valence-corrected chi connectivity index (χ2v) is 2.96. The molecule has 0 atom stereocenters. The van der Waals surface area contributed by atoms with Gasteiger partial charge >= 0.3 is 0 Å². The molecule has 2 aromatic rings. The summed E-state index contributed by atoms with van der Waals surface area (Å²) in [7, 11) is 0. The van der Waals surface area contributed by atoms with Crippen molar-refractivity contribution in [1.29, 1.82) is 0 Å². The van der Waals surface area contributed by atoms with Gasteiger partial charge in [-0.2, -0.15) is 0 Å². The van der Waals surface area contributed by atoms with Crippen LogP contribution in [0.1, 0.15) is 0 Å². The Labute approximate surface area is 84.1 Å². The van der Waals surface area contributed by atoms with Crippen LogP contribution in [0.25, 0.3) is 11.0 Å². The summed E-state index contributed by atoms with van der Waals surface area (Å²) in [4.78, 5) is 10.6. The summed E-state index contributed by atoms with van der Waals surface area (Å²) >= 11 is 5.80. The highest BCUT2D eigenvalue weighted by molar-refractivity contribution is 6.33. The van der Waals surface area contributed by atoms with Gasteiger partial charge in [-0.1, -0.05) is 11.6 Å². The maximum absolute atomic E-state index is 11.8. The van der Waals surface area contributed by atoms with Gasteiger partial charge in [-0.3, -0.25) is 0 Å². The Bertz CT molecular complexity index is 445. The van der Waals surface area contributed by atoms with Crippen LogP contribution in [-0.4, -0.2) is 28.2 Å². The number of H-pyrrole nitrogens is 1. The zero-order valence-corrected chi connectivity index (χ0v) is 7.88. The van der Waals surface area contributed by atoms with E-state index < -0.39 is 6.67 Å². The number of fused-ring (bicyclic) bond motifs is 1. The third kappa shape index (κ3) is 1.63. The van der Waals surface area contributed by atoms with Gasteiger partial charge in [0.25, 0.3) is 0 Å². The Morgan fingerprint density at radius 3 is 3.07 bits per heavy atom. The van der Waals surface area contributed by atoms with Crippen molar-refractivity contribution in [3.8, 4) is 5.88 Å². The molecular weight excluding hydrogens is 209 g/mol. The highest BCUT2D eigenvalue weighted by Gasteiger charge is 2.06. The summed E-state index contributed by atoms with van der Waals surface area (Å²) in [5.74, 6) is 0.444. The largest absolute Gasteiger partial charge is 0.476 e. The van der Waals surface area contributed by atoms with Gasteiger partial charge in [0.15, 0.2) is 5.88 Å². The molecule has 0 spiro atoms. The summed E-state index contributed by atoms with van der Waals surface area (Å²) in [6, 6.07) is 1.65. The lowest BCUT2D eigenvalue weighted by Crippen LogP contribution is -1.98. The van der Waals surface area contributed by atoms with E-state index in [9.17, 15) is 4.39 Å². The predicted octanol–water partition coefficient (Wildman–Crippen LogP) is 1.96. The van der Waals surface area contributed by atoms with E-state index in [1.807, 2.05) is 0 Å². The average Bonchev–Trinajstić information content (AvgIpc) is 2.59. The summed E-state index contributed by atoms with van der Waals surface area (Å²) in [5, 5.41) is 1.02. The molecule has 0 amide bonds. The van der Waals surface area contributed by atoms with Gasteiger partial charge < -0.3 is 9.72 Å². The minimum atomic E-state index is -0.533. The van der Waals surface area contributed by atoms with Gasteiger partial charge in [0.1, 0.15) is 30.4 Å². The van der Waals surface area contributed by atoms with E-state index in [1.165, 1.54) is 6.33 Å². The van der Waals surface area contributed by atoms with Gasteiger partial charge in [0.2, 0.25) is 0 Å². The number of nitrogens with zero attached hydrogens (tertiary/aromatic N) is 2. The first-order chi connectivity index (χ1) is 6.81. The molecule has 0 saturated heterocycles. The number of alkyl halides is 1. The topological polar surface area (TPSA) is 50.8 Å². The van der Waals surface area contributed by atoms with Gasteiger partial charge in [-0.05, 0) is 0 Å². The lowest BCUT2D eigenvalue weighted by Gasteiger charge is -1.96. The summed E-state index contributed by atoms with van der Waals surface area (Å²) < 4.78 is 16.9. The Balaban J connectivity index is 2.36. The number of hydrogen-bond donors (Lipinski definition) is 1. The molecule has 14 heavy (non-hydrogen) atoms. The predicted molar refractivity (Wildman–Crippen MR) is 50.4 cm³/mol. The molecule has 0 aliphatic heterocycles. The molecule has 2 heterocycles. The van der Waals surface area contributed by atoms with Crippen molar-refractivity contribution in [2.45, 2.75) is 0 Å². The second-order valence-electron chi connectivity index (χ2n) is 2.60. The molecule has 0 bridgehead atoms. The van der Waals surface area contributed by atoms with Crippen molar-refractivity contribution in [1.82, 2.24) is 15.0 Å². The normalized spacial score (nSPS) is 10.7. The van der Waals surface area contributed by atoms with Crippen LogP contribution in [0.3, 0.4) is 0 Å². The number of rotatable bonds is 3. The first-order valence-electron chi connectivity index (χ1n) is 3.99. The summed E-state index contributed by atoms with van der Waals surface area (Å²) in [5.41, 5.74) is 0.582. The highest BCUT2D eigenvalue weighted by Crippen LogP contribution is 2.23. The molecule has 0 radical (unpaired) electrons. The van der Waals surface area contributed by atoms with Crippen LogP contribution in [0.4, 0.5) is 4.39 Å². The van der Waals surface area contributed by atoms with E-state index in [-0.39, 0.29) is 6.61 Å². The molecule has 2 rings (SSSR count). The summed E-state index contributed by atoms with van der Waals surface area (Å²) in [6.07, 6.45) is 1.35. The molecule has 1 N–H and O–H groups in total. The minimum absolute atomic E-state index is 0.0118. The SMILES string of the molecule is FCCOc1cc2c(Cl)ncnc2[nH]1. The first-order valence-corrected chi connectivity index (χ1v) is 4.37. The van der Waals surface area contributed by atoms with Crippen molar-refractivity contribution in [2.24, 2.45) is 0 Å². The van der Waals surface area contributed by atoms with Crippen molar-refractivity contribution >= 4 is 22.6 Å². The van der Waals surface area contributed by atoms with Crippen LogP contribution in [0, 0.1) is 0 Å². The number of aromatic amines is 1. The van der Waals surface area contributed by atoms with Crippen molar-refractivity contribution in [3.05, 3.63) is 17.5 Å². The van der Waals surface area contributed by atoms with Gasteiger partial charge in [-0.25, -0.2) is 14.4 Å². The number of hydrogen-bond acceptors (Lipinski definition) is 3. The lowest BCUT2D eigenvalue weighted by molar-refractivity contribution is 0.266. The molecule has 0 fully saturated rings. The first kappa shape index (κ1) is 9.21. The quantitative estimate of drug-likeness (QED) is 0.797. The number of halogens is 2. The van der Waals surface area contributed by atoms with E-state index in [4.69, 9.17) is 16.3 Å². The third-order valence-electron chi connectivity index (χ3n) is 1.69. The van der Waals surface area contributed by atoms with E-state index in [0.717, 1.165) is 0 Å². The Morgan fingerprint density at radius 2 is 2.36 bits per heavy atom. The fraction of sp³-hybridized carbons (Fsp3) is 0.250. The van der Waals surface area contributed by atoms with Crippen LogP contribution in [0.15, 0.2) is 12.4 Å². The lowest BCUT2D eigenvalue weighted by atomic mass is 10.4. The molecule has 6 heteroatoms. The van der Waals surface area contributed by atoms with Crippen LogP contribution in [0.2, 0.25) is 5.15 Å². The Morgan fingerprint density at radius 1 is 1.50 bits per heavy atom. The monoisotopic (exact) mass is 215 g/mol. The molecule has 2 aromatic heterocycles. The fourth-order valence-corrected chi connectivity index (χ4v) is 1.30. The van der Waals surface area contributed by atoms with Gasteiger partial charge in [0.05, 0.1) is 5.39 Å². The highest BCUT2D eigenvalue weighted by atomic mass is 35.5. The molecular formula is C8H7ClFN3O. The molecule has 0 aliphatic carbocycles. The van der Waals surface area contributed by atoms with Gasteiger partial charge in [0, 0.05) is 6.07 Å². The number of aromatic nitrogens is 3. The minimum Gasteiger partial charge on any atom is -0.476 e. The molecule has 0 unspecified atom stereocenters. The van der Waals surface area contributed by atoms with Gasteiger partial charge in [-0.15, -0.1) is 0 Å². The average molecular weight is 216 g/mol. The Kier molecular flexibility index (Phi) is 2.49. The van der Waals surface area contributed by atoms with Crippen molar-refractivity contribution in [2.75, 3.05) is 13.3 Å². The molecule has 0 saturated carbocycles. The number of ether oxygens (including phenoxy) is 1. The van der Waals surface area contributed by atoms with Crippen LogP contribution >= 0.6 is 11.6 Å². The maximum atomic E-state index is 11.8. The molecule has 4 nitrogen and oxygen atoms in total. The van der Waals surface area contributed by atoms with Crippen molar-refractivity contribution in [3.63, 3.8) is 0 Å². The van der Waals surface area contributed by atoms with E-state index >= 15 is 0 Å². The van der Waals surface area contributed by atoms with Crippen LogP contribution in [0.5, 0.6) is 5.88 Å². The van der Waals surface area contributed by atoms with Crippen LogP contribution in [-0.2, 0) is 0 Å². The standard InChI is InChI=1S/C8H7ClFN3O/c9-7-5-3-6(14-2-1-10)13-8(5)12-4-11-7/h3-4H,1-2H2,(H,11,12,13). The fourth-order valence-electron chi connectivity index (χ4n) is 1.11. The smallest absolute Gasteiger partial charge is 0.193 e. The van der Waals surface area contributed by atoms with E-state index in [2.05, 4.69) is 15.0 Å².